The highest BCUT2D eigenvalue weighted by Crippen LogP contribution is 2.25. The lowest BCUT2D eigenvalue weighted by Gasteiger charge is -2.01. The lowest BCUT2D eigenvalue weighted by molar-refractivity contribution is 0.111. The number of hydrogen-bond acceptors (Lipinski definition) is 2. The van der Waals surface area contributed by atoms with Gasteiger partial charge in [-0.2, -0.15) is 5.10 Å². The van der Waals surface area contributed by atoms with E-state index in [9.17, 15) is 4.79 Å². The minimum atomic E-state index is 0.462. The summed E-state index contributed by atoms with van der Waals surface area (Å²) < 4.78 is 0. The Kier molecular flexibility index (Phi) is 2.56. The summed E-state index contributed by atoms with van der Waals surface area (Å²) in [6, 6.07) is 7.29. The van der Waals surface area contributed by atoms with E-state index in [0.29, 0.717) is 10.7 Å². The highest BCUT2D eigenvalue weighted by molar-refractivity contribution is 6.30. The van der Waals surface area contributed by atoms with Crippen LogP contribution in [0, 0.1) is 6.92 Å². The van der Waals surface area contributed by atoms with E-state index in [1.165, 1.54) is 0 Å². The van der Waals surface area contributed by atoms with Crippen LogP contribution >= 0.6 is 11.6 Å². The second kappa shape index (κ2) is 3.87. The average Bonchev–Trinajstić information content (AvgIpc) is 2.70. The monoisotopic (exact) mass is 220 g/mol. The van der Waals surface area contributed by atoms with Crippen LogP contribution < -0.4 is 0 Å². The van der Waals surface area contributed by atoms with E-state index < -0.39 is 0 Å². The van der Waals surface area contributed by atoms with Gasteiger partial charge in [0, 0.05) is 10.6 Å². The lowest BCUT2D eigenvalue weighted by atomic mass is 10.1. The normalized spacial score (nSPS) is 10.3. The Morgan fingerprint density at radius 2 is 2.20 bits per heavy atom. The van der Waals surface area contributed by atoms with Crippen molar-refractivity contribution in [3.8, 4) is 11.3 Å². The summed E-state index contributed by atoms with van der Waals surface area (Å²) in [5.74, 6) is 0. The number of hydrogen-bond donors (Lipinski definition) is 1. The molecule has 2 rings (SSSR count). The first-order chi connectivity index (χ1) is 7.20. The van der Waals surface area contributed by atoms with E-state index in [1.807, 2.05) is 25.1 Å². The molecule has 2 aromatic rings. The third-order valence-corrected chi connectivity index (χ3v) is 2.44. The predicted molar refractivity (Wildman–Crippen MR) is 59.2 cm³/mol. The van der Waals surface area contributed by atoms with Crippen molar-refractivity contribution in [1.29, 1.82) is 0 Å². The lowest BCUT2D eigenvalue weighted by Crippen LogP contribution is -1.83. The Morgan fingerprint density at radius 3 is 2.87 bits per heavy atom. The third kappa shape index (κ3) is 1.92. The number of aldehydes is 1. The molecule has 0 saturated heterocycles. The number of halogens is 1. The quantitative estimate of drug-likeness (QED) is 0.791. The molecule has 4 heteroatoms. The minimum absolute atomic E-state index is 0.462. The maximum Gasteiger partial charge on any atom is 0.167 e. The second-order valence-corrected chi connectivity index (χ2v) is 3.72. The number of carbonyl (C=O) groups is 1. The van der Waals surface area contributed by atoms with Crippen LogP contribution in [-0.4, -0.2) is 16.5 Å². The predicted octanol–water partition coefficient (Wildman–Crippen LogP) is 2.85. The smallest absolute Gasteiger partial charge is 0.167 e. The van der Waals surface area contributed by atoms with E-state index >= 15 is 0 Å². The highest BCUT2D eigenvalue weighted by Gasteiger charge is 2.06. The molecule has 0 spiro atoms. The molecule has 0 amide bonds. The van der Waals surface area contributed by atoms with Gasteiger partial charge in [0.15, 0.2) is 6.29 Å². The first kappa shape index (κ1) is 9.93. The van der Waals surface area contributed by atoms with E-state index in [-0.39, 0.29) is 0 Å². The van der Waals surface area contributed by atoms with Crippen molar-refractivity contribution in [2.75, 3.05) is 0 Å². The topological polar surface area (TPSA) is 45.8 Å². The number of aromatic nitrogens is 2. The Balaban J connectivity index is 2.52. The van der Waals surface area contributed by atoms with Crippen molar-refractivity contribution in [2.24, 2.45) is 0 Å². The molecule has 76 valence electrons. The molecule has 0 unspecified atom stereocenters. The molecule has 0 aliphatic rings. The molecule has 0 fully saturated rings. The van der Waals surface area contributed by atoms with Crippen molar-refractivity contribution in [1.82, 2.24) is 10.2 Å². The summed E-state index contributed by atoms with van der Waals surface area (Å²) >= 11 is 5.90. The zero-order chi connectivity index (χ0) is 10.8. The van der Waals surface area contributed by atoms with Gasteiger partial charge in [-0.3, -0.25) is 9.89 Å². The van der Waals surface area contributed by atoms with E-state index in [0.717, 1.165) is 23.1 Å². The number of nitrogens with zero attached hydrogens (tertiary/aromatic N) is 1. The van der Waals surface area contributed by atoms with Gasteiger partial charge in [0.1, 0.15) is 0 Å². The number of aromatic amines is 1. The van der Waals surface area contributed by atoms with Crippen LogP contribution in [0.4, 0.5) is 0 Å². The minimum Gasteiger partial charge on any atom is -0.296 e. The first-order valence-corrected chi connectivity index (χ1v) is 4.85. The molecule has 0 radical (unpaired) electrons. The zero-order valence-corrected chi connectivity index (χ0v) is 8.88. The summed E-state index contributed by atoms with van der Waals surface area (Å²) in [5.41, 5.74) is 3.21. The van der Waals surface area contributed by atoms with Gasteiger partial charge in [-0.1, -0.05) is 17.7 Å². The molecule has 0 saturated carbocycles. The van der Waals surface area contributed by atoms with Crippen LogP contribution in [0.25, 0.3) is 11.3 Å². The number of H-pyrrole nitrogens is 1. The summed E-state index contributed by atoms with van der Waals surface area (Å²) in [4.78, 5) is 10.5. The van der Waals surface area contributed by atoms with Gasteiger partial charge in [0.2, 0.25) is 0 Å². The van der Waals surface area contributed by atoms with E-state index in [2.05, 4.69) is 10.2 Å². The molecule has 0 aliphatic carbocycles. The molecule has 1 aromatic carbocycles. The number of aryl methyl sites for hydroxylation is 1. The first-order valence-electron chi connectivity index (χ1n) is 4.48. The fraction of sp³-hybridized carbons (Fsp3) is 0.0909. The summed E-state index contributed by atoms with van der Waals surface area (Å²) in [6.45, 7) is 1.97. The van der Waals surface area contributed by atoms with Crippen LogP contribution in [0.1, 0.15) is 16.1 Å². The maximum absolute atomic E-state index is 10.5. The largest absolute Gasteiger partial charge is 0.296 e. The standard InChI is InChI=1S/C11H9ClN2O/c1-7-2-3-8(12)4-10(7)11-5-9(6-15)13-14-11/h2-6H,1H3,(H,13,14). The second-order valence-electron chi connectivity index (χ2n) is 3.29. The van der Waals surface area contributed by atoms with Crippen molar-refractivity contribution in [2.45, 2.75) is 6.92 Å². The van der Waals surface area contributed by atoms with E-state index in [4.69, 9.17) is 11.6 Å². The summed E-state index contributed by atoms with van der Waals surface area (Å²) in [7, 11) is 0. The molecule has 1 N–H and O–H groups in total. The van der Waals surface area contributed by atoms with Gasteiger partial charge in [-0.15, -0.1) is 0 Å². The van der Waals surface area contributed by atoms with Crippen LogP contribution in [0.2, 0.25) is 5.02 Å². The van der Waals surface area contributed by atoms with Gasteiger partial charge >= 0.3 is 0 Å². The number of rotatable bonds is 2. The van der Waals surface area contributed by atoms with Crippen molar-refractivity contribution in [3.63, 3.8) is 0 Å². The van der Waals surface area contributed by atoms with Gasteiger partial charge in [0.05, 0.1) is 11.4 Å². The Morgan fingerprint density at radius 1 is 1.40 bits per heavy atom. The molecule has 0 aliphatic heterocycles. The molecule has 1 heterocycles. The third-order valence-electron chi connectivity index (χ3n) is 2.20. The van der Waals surface area contributed by atoms with Crippen LogP contribution in [-0.2, 0) is 0 Å². The summed E-state index contributed by atoms with van der Waals surface area (Å²) in [6.07, 6.45) is 0.733. The van der Waals surface area contributed by atoms with Crippen LogP contribution in [0.15, 0.2) is 24.3 Å². The van der Waals surface area contributed by atoms with Crippen molar-refractivity contribution in [3.05, 3.63) is 40.5 Å². The number of benzene rings is 1. The van der Waals surface area contributed by atoms with E-state index in [1.54, 1.807) is 6.07 Å². The molecular weight excluding hydrogens is 212 g/mol. The molecule has 1 aromatic heterocycles. The van der Waals surface area contributed by atoms with Gasteiger partial charge in [-0.05, 0) is 30.7 Å². The highest BCUT2D eigenvalue weighted by atomic mass is 35.5. The fourth-order valence-corrected chi connectivity index (χ4v) is 1.58. The Labute approximate surface area is 92.1 Å². The molecule has 0 atom stereocenters. The zero-order valence-electron chi connectivity index (χ0n) is 8.12. The van der Waals surface area contributed by atoms with Crippen molar-refractivity contribution >= 4 is 17.9 Å². The Hall–Kier alpha value is -1.61. The van der Waals surface area contributed by atoms with Crippen molar-refractivity contribution < 1.29 is 4.79 Å². The van der Waals surface area contributed by atoms with Gasteiger partial charge in [-0.25, -0.2) is 0 Å². The molecule has 3 nitrogen and oxygen atoms in total. The molecule has 0 bridgehead atoms. The SMILES string of the molecule is Cc1ccc(Cl)cc1-c1cc(C=O)[nH]n1. The maximum atomic E-state index is 10.5. The molecular formula is C11H9ClN2O. The number of carbonyl (C=O) groups excluding carboxylic acids is 1. The summed E-state index contributed by atoms with van der Waals surface area (Å²) in [5, 5.41) is 7.34. The van der Waals surface area contributed by atoms with Gasteiger partial charge in [0.25, 0.3) is 0 Å². The van der Waals surface area contributed by atoms with Crippen LogP contribution in [0.5, 0.6) is 0 Å². The van der Waals surface area contributed by atoms with Gasteiger partial charge < -0.3 is 0 Å². The average molecular weight is 221 g/mol. The Bertz CT molecular complexity index is 505. The number of nitrogens with one attached hydrogen (secondary N) is 1. The molecule has 15 heavy (non-hydrogen) atoms. The fourth-order valence-electron chi connectivity index (χ4n) is 1.41. The van der Waals surface area contributed by atoms with Crippen LogP contribution in [0.3, 0.4) is 0 Å².